The molecule has 0 radical (unpaired) electrons. The summed E-state index contributed by atoms with van der Waals surface area (Å²) in [5, 5.41) is 3.88. The lowest BCUT2D eigenvalue weighted by Gasteiger charge is -2.06. The minimum atomic E-state index is -0.371. The Labute approximate surface area is 98.5 Å². The van der Waals surface area contributed by atoms with Gasteiger partial charge in [0.15, 0.2) is 0 Å². The number of ether oxygens (including phenoxy) is 1. The average Bonchev–Trinajstić information content (AvgIpc) is 2.75. The molecule has 17 heavy (non-hydrogen) atoms. The normalized spacial score (nSPS) is 10.6. The largest absolute Gasteiger partial charge is 0.492 e. The zero-order chi connectivity index (χ0) is 12.1. The Balaban J connectivity index is 1.80. The number of rotatable bonds is 6. The van der Waals surface area contributed by atoms with E-state index in [1.807, 2.05) is 24.3 Å². The molecule has 0 fully saturated rings. The summed E-state index contributed by atoms with van der Waals surface area (Å²) >= 11 is 0. The van der Waals surface area contributed by atoms with Gasteiger partial charge in [-0.15, -0.1) is 0 Å². The van der Waals surface area contributed by atoms with E-state index in [2.05, 4.69) is 5.32 Å². The molecular weight excluding hydrogens is 220 g/mol. The third-order valence-electron chi connectivity index (χ3n) is 2.27. The van der Waals surface area contributed by atoms with E-state index in [0.29, 0.717) is 13.2 Å². The summed E-state index contributed by atoms with van der Waals surface area (Å²) in [5.41, 5.74) is 5.82. The number of hydrogen-bond donors (Lipinski definition) is 2. The first-order chi connectivity index (χ1) is 8.25. The number of nitrogens with one attached hydrogen (secondary N) is 1. The average molecular weight is 234 g/mol. The highest BCUT2D eigenvalue weighted by molar-refractivity contribution is 5.78. The molecule has 0 bridgehead atoms. The van der Waals surface area contributed by atoms with E-state index in [-0.39, 0.29) is 12.5 Å². The van der Waals surface area contributed by atoms with Gasteiger partial charge in [-0.05, 0) is 24.3 Å². The monoisotopic (exact) mass is 234 g/mol. The van der Waals surface area contributed by atoms with Gasteiger partial charge in [-0.3, -0.25) is 4.79 Å². The number of benzene rings is 1. The zero-order valence-corrected chi connectivity index (χ0v) is 9.31. The molecule has 2 rings (SSSR count). The number of primary amides is 1. The van der Waals surface area contributed by atoms with Crippen molar-refractivity contribution < 1.29 is 13.9 Å². The number of furan rings is 1. The predicted octanol–water partition coefficient (Wildman–Crippen LogP) is 0.886. The second-order valence-corrected chi connectivity index (χ2v) is 3.61. The molecule has 3 N–H and O–H groups in total. The quantitative estimate of drug-likeness (QED) is 0.727. The third-order valence-corrected chi connectivity index (χ3v) is 2.27. The second-order valence-electron chi connectivity index (χ2n) is 3.61. The highest BCUT2D eigenvalue weighted by atomic mass is 16.5. The van der Waals surface area contributed by atoms with Crippen LogP contribution in [0.15, 0.2) is 34.9 Å². The van der Waals surface area contributed by atoms with Gasteiger partial charge in [-0.25, -0.2) is 0 Å². The van der Waals surface area contributed by atoms with Crippen LogP contribution in [0.4, 0.5) is 0 Å². The summed E-state index contributed by atoms with van der Waals surface area (Å²) < 4.78 is 10.7. The summed E-state index contributed by atoms with van der Waals surface area (Å²) in [6, 6.07) is 7.50. The maximum Gasteiger partial charge on any atom is 0.231 e. The van der Waals surface area contributed by atoms with E-state index < -0.39 is 0 Å². The maximum atomic E-state index is 10.5. The standard InChI is InChI=1S/C12H14N2O3/c13-12(15)8-14-4-6-16-10-1-2-11-9(7-10)3-5-17-11/h1-3,5,7,14H,4,6,8H2,(H2,13,15). The maximum absolute atomic E-state index is 10.5. The van der Waals surface area contributed by atoms with Crippen molar-refractivity contribution in [3.8, 4) is 5.75 Å². The van der Waals surface area contributed by atoms with Crippen molar-refractivity contribution in [1.29, 1.82) is 0 Å². The van der Waals surface area contributed by atoms with E-state index in [9.17, 15) is 4.79 Å². The van der Waals surface area contributed by atoms with Crippen molar-refractivity contribution in [3.05, 3.63) is 30.5 Å². The number of amides is 1. The molecule has 90 valence electrons. The van der Waals surface area contributed by atoms with Gasteiger partial charge in [-0.1, -0.05) is 0 Å². The summed E-state index contributed by atoms with van der Waals surface area (Å²) in [6.45, 7) is 1.23. The molecule has 0 saturated heterocycles. The van der Waals surface area contributed by atoms with E-state index in [1.165, 1.54) is 0 Å². The van der Waals surface area contributed by atoms with Gasteiger partial charge in [0.2, 0.25) is 5.91 Å². The fraction of sp³-hybridized carbons (Fsp3) is 0.250. The van der Waals surface area contributed by atoms with Gasteiger partial charge in [0, 0.05) is 11.9 Å². The van der Waals surface area contributed by atoms with Gasteiger partial charge < -0.3 is 20.2 Å². The molecular formula is C12H14N2O3. The van der Waals surface area contributed by atoms with Crippen molar-refractivity contribution in [1.82, 2.24) is 5.32 Å². The third kappa shape index (κ3) is 3.22. The highest BCUT2D eigenvalue weighted by Gasteiger charge is 1.99. The number of hydrogen-bond acceptors (Lipinski definition) is 4. The van der Waals surface area contributed by atoms with Crippen LogP contribution in [0, 0.1) is 0 Å². The lowest BCUT2D eigenvalue weighted by atomic mass is 10.2. The SMILES string of the molecule is NC(=O)CNCCOc1ccc2occc2c1. The van der Waals surface area contributed by atoms with Crippen LogP contribution in [0.2, 0.25) is 0 Å². The van der Waals surface area contributed by atoms with Crippen LogP contribution < -0.4 is 15.8 Å². The van der Waals surface area contributed by atoms with Crippen LogP contribution in [0.1, 0.15) is 0 Å². The Bertz CT molecular complexity index is 507. The van der Waals surface area contributed by atoms with Gasteiger partial charge in [0.05, 0.1) is 12.8 Å². The van der Waals surface area contributed by atoms with E-state index in [4.69, 9.17) is 14.9 Å². The first-order valence-corrected chi connectivity index (χ1v) is 5.35. The molecule has 0 aliphatic rings. The molecule has 0 spiro atoms. The molecule has 5 heteroatoms. The first kappa shape index (κ1) is 11.5. The molecule has 0 aliphatic carbocycles. The van der Waals surface area contributed by atoms with Gasteiger partial charge in [0.25, 0.3) is 0 Å². The zero-order valence-electron chi connectivity index (χ0n) is 9.31. The van der Waals surface area contributed by atoms with Crippen LogP contribution in [-0.4, -0.2) is 25.6 Å². The minimum absolute atomic E-state index is 0.171. The molecule has 0 aliphatic heterocycles. The summed E-state index contributed by atoms with van der Waals surface area (Å²) in [7, 11) is 0. The molecule has 1 aromatic carbocycles. The summed E-state index contributed by atoms with van der Waals surface area (Å²) in [4.78, 5) is 10.5. The van der Waals surface area contributed by atoms with Gasteiger partial charge in [0.1, 0.15) is 17.9 Å². The molecule has 0 unspecified atom stereocenters. The number of carbonyl (C=O) groups excluding carboxylic acids is 1. The first-order valence-electron chi connectivity index (χ1n) is 5.35. The molecule has 5 nitrogen and oxygen atoms in total. The Kier molecular flexibility index (Phi) is 3.62. The lowest BCUT2D eigenvalue weighted by molar-refractivity contribution is -0.117. The molecule has 1 aromatic heterocycles. The Morgan fingerprint density at radius 2 is 2.29 bits per heavy atom. The number of carbonyl (C=O) groups is 1. The van der Waals surface area contributed by atoms with E-state index in [0.717, 1.165) is 16.7 Å². The fourth-order valence-corrected chi connectivity index (χ4v) is 1.49. The fourth-order valence-electron chi connectivity index (χ4n) is 1.49. The van der Waals surface area contributed by atoms with E-state index >= 15 is 0 Å². The minimum Gasteiger partial charge on any atom is -0.492 e. The van der Waals surface area contributed by atoms with Crippen LogP contribution in [0.25, 0.3) is 11.0 Å². The molecule has 1 heterocycles. The Morgan fingerprint density at radius 1 is 1.41 bits per heavy atom. The van der Waals surface area contributed by atoms with Crippen molar-refractivity contribution >= 4 is 16.9 Å². The van der Waals surface area contributed by atoms with Crippen LogP contribution in [-0.2, 0) is 4.79 Å². The van der Waals surface area contributed by atoms with Crippen molar-refractivity contribution in [2.75, 3.05) is 19.7 Å². The number of fused-ring (bicyclic) bond motifs is 1. The molecule has 0 atom stereocenters. The van der Waals surface area contributed by atoms with Crippen molar-refractivity contribution in [2.45, 2.75) is 0 Å². The van der Waals surface area contributed by atoms with Crippen LogP contribution in [0.5, 0.6) is 5.75 Å². The second kappa shape index (κ2) is 5.36. The van der Waals surface area contributed by atoms with Gasteiger partial charge >= 0.3 is 0 Å². The lowest BCUT2D eigenvalue weighted by Crippen LogP contribution is -2.31. The smallest absolute Gasteiger partial charge is 0.231 e. The molecule has 0 saturated carbocycles. The van der Waals surface area contributed by atoms with Crippen LogP contribution in [0.3, 0.4) is 0 Å². The number of nitrogens with two attached hydrogens (primary N) is 1. The molecule has 2 aromatic rings. The van der Waals surface area contributed by atoms with Crippen molar-refractivity contribution in [2.24, 2.45) is 5.73 Å². The summed E-state index contributed by atoms with van der Waals surface area (Å²) in [6.07, 6.45) is 1.64. The summed E-state index contributed by atoms with van der Waals surface area (Å²) in [5.74, 6) is 0.407. The van der Waals surface area contributed by atoms with Crippen molar-refractivity contribution in [3.63, 3.8) is 0 Å². The topological polar surface area (TPSA) is 77.5 Å². The molecule has 1 amide bonds. The Hall–Kier alpha value is -2.01. The van der Waals surface area contributed by atoms with Crippen LogP contribution >= 0.6 is 0 Å². The predicted molar refractivity (Wildman–Crippen MR) is 63.8 cm³/mol. The highest BCUT2D eigenvalue weighted by Crippen LogP contribution is 2.21. The Morgan fingerprint density at radius 3 is 3.12 bits per heavy atom. The van der Waals surface area contributed by atoms with E-state index in [1.54, 1.807) is 6.26 Å². The van der Waals surface area contributed by atoms with Gasteiger partial charge in [-0.2, -0.15) is 0 Å².